The van der Waals surface area contributed by atoms with Crippen molar-refractivity contribution in [3.8, 4) is 0 Å². The van der Waals surface area contributed by atoms with Gasteiger partial charge in [0.1, 0.15) is 0 Å². The molecule has 0 saturated carbocycles. The van der Waals surface area contributed by atoms with Gasteiger partial charge in [0.25, 0.3) is 0 Å². The molecule has 9 heteroatoms. The Labute approximate surface area is 144 Å². The molecular formula is C14H39N3O4Si2. The number of hydrogen-bond acceptors (Lipinski definition) is 7. The SMILES string of the molecule is CO[Si](C)(CCCN)OC.CO[Si](C)(CCCNCCN)OC. The largest absolute Gasteiger partial charge is 0.398 e. The van der Waals surface area contributed by atoms with Crippen LogP contribution in [-0.2, 0) is 17.7 Å². The quantitative estimate of drug-likeness (QED) is 0.329. The Morgan fingerprint density at radius 1 is 0.696 bits per heavy atom. The van der Waals surface area contributed by atoms with Gasteiger partial charge in [-0.25, -0.2) is 0 Å². The van der Waals surface area contributed by atoms with E-state index in [1.807, 2.05) is 6.55 Å². The van der Waals surface area contributed by atoms with E-state index in [4.69, 9.17) is 29.2 Å². The Bertz CT molecular complexity index is 256. The molecule has 0 fully saturated rings. The Hall–Kier alpha value is 0.154. The summed E-state index contributed by atoms with van der Waals surface area (Å²) in [5, 5.41) is 3.24. The van der Waals surface area contributed by atoms with E-state index in [1.54, 1.807) is 28.4 Å². The van der Waals surface area contributed by atoms with Crippen LogP contribution >= 0.6 is 0 Å². The van der Waals surface area contributed by atoms with Crippen LogP contribution in [0.2, 0.25) is 25.2 Å². The zero-order valence-electron chi connectivity index (χ0n) is 15.9. The average molecular weight is 370 g/mol. The molecule has 0 aromatic rings. The lowest BCUT2D eigenvalue weighted by Gasteiger charge is -2.22. The first-order valence-corrected chi connectivity index (χ1v) is 13.2. The average Bonchev–Trinajstić information content (AvgIpc) is 2.59. The lowest BCUT2D eigenvalue weighted by Crippen LogP contribution is -2.37. The van der Waals surface area contributed by atoms with Gasteiger partial charge in [0.05, 0.1) is 0 Å². The maximum Gasteiger partial charge on any atom is 0.334 e. The minimum absolute atomic E-state index is 0.698. The number of rotatable bonds is 13. The summed E-state index contributed by atoms with van der Waals surface area (Å²) in [6, 6.07) is 2.01. The molecule has 23 heavy (non-hydrogen) atoms. The molecule has 142 valence electrons. The van der Waals surface area contributed by atoms with Crippen LogP contribution < -0.4 is 16.8 Å². The lowest BCUT2D eigenvalue weighted by molar-refractivity contribution is 0.248. The highest BCUT2D eigenvalue weighted by Gasteiger charge is 2.27. The number of nitrogens with one attached hydrogen (secondary N) is 1. The first kappa shape index (κ1) is 25.4. The first-order valence-electron chi connectivity index (χ1n) is 8.18. The van der Waals surface area contributed by atoms with Crippen molar-refractivity contribution in [1.82, 2.24) is 5.32 Å². The third kappa shape index (κ3) is 14.2. The maximum absolute atomic E-state index is 5.36. The van der Waals surface area contributed by atoms with Gasteiger partial charge in [-0.1, -0.05) is 0 Å². The van der Waals surface area contributed by atoms with Gasteiger partial charge in [0.15, 0.2) is 0 Å². The van der Waals surface area contributed by atoms with Crippen LogP contribution in [0.5, 0.6) is 0 Å². The third-order valence-electron chi connectivity index (χ3n) is 3.87. The minimum Gasteiger partial charge on any atom is -0.398 e. The van der Waals surface area contributed by atoms with Crippen molar-refractivity contribution in [2.24, 2.45) is 11.5 Å². The highest BCUT2D eigenvalue weighted by molar-refractivity contribution is 6.66. The molecule has 0 aromatic carbocycles. The fraction of sp³-hybridized carbons (Fsp3) is 1.00. The van der Waals surface area contributed by atoms with E-state index in [1.165, 1.54) is 0 Å². The van der Waals surface area contributed by atoms with E-state index in [9.17, 15) is 0 Å². The van der Waals surface area contributed by atoms with E-state index in [0.29, 0.717) is 6.54 Å². The summed E-state index contributed by atoms with van der Waals surface area (Å²) in [5.41, 5.74) is 10.7. The standard InChI is InChI=1S/C8H22N2O2Si.C6H17NO2Si/c1-11-13(3,12-2)8-4-6-10-7-5-9;1-8-10(3,9-2)6-4-5-7/h10H,4-9H2,1-3H3;4-7H2,1-3H3. The lowest BCUT2D eigenvalue weighted by atomic mass is 10.5. The van der Waals surface area contributed by atoms with Crippen LogP contribution in [0.4, 0.5) is 0 Å². The predicted molar refractivity (Wildman–Crippen MR) is 101 cm³/mol. The van der Waals surface area contributed by atoms with Gasteiger partial charge in [0.2, 0.25) is 0 Å². The summed E-state index contributed by atoms with van der Waals surface area (Å²) < 4.78 is 21.2. The second-order valence-electron chi connectivity index (χ2n) is 5.62. The van der Waals surface area contributed by atoms with Crippen molar-refractivity contribution >= 4 is 17.1 Å². The van der Waals surface area contributed by atoms with Gasteiger partial charge >= 0.3 is 17.1 Å². The van der Waals surface area contributed by atoms with Crippen molar-refractivity contribution in [2.45, 2.75) is 38.0 Å². The molecule has 5 N–H and O–H groups in total. The van der Waals surface area contributed by atoms with Crippen molar-refractivity contribution in [3.63, 3.8) is 0 Å². The minimum atomic E-state index is -1.83. The molecule has 0 spiro atoms. The Morgan fingerprint density at radius 2 is 1.13 bits per heavy atom. The van der Waals surface area contributed by atoms with Crippen LogP contribution in [0.1, 0.15) is 12.8 Å². The van der Waals surface area contributed by atoms with Gasteiger partial charge in [-0.05, 0) is 51.1 Å². The molecule has 0 atom stereocenters. The third-order valence-corrected chi connectivity index (χ3v) is 9.85. The molecule has 0 radical (unpaired) electrons. The maximum atomic E-state index is 5.36. The van der Waals surface area contributed by atoms with Gasteiger partial charge in [0, 0.05) is 41.5 Å². The van der Waals surface area contributed by atoms with Gasteiger partial charge < -0.3 is 34.5 Å². The normalized spacial score (nSPS) is 12.0. The summed E-state index contributed by atoms with van der Waals surface area (Å²) in [5.74, 6) is 0. The molecule has 0 aliphatic rings. The Balaban J connectivity index is 0. The second kappa shape index (κ2) is 15.7. The number of nitrogens with two attached hydrogens (primary N) is 2. The molecule has 0 bridgehead atoms. The highest BCUT2D eigenvalue weighted by atomic mass is 28.4. The Morgan fingerprint density at radius 3 is 1.48 bits per heavy atom. The zero-order chi connectivity index (χ0) is 18.2. The van der Waals surface area contributed by atoms with Crippen LogP contribution in [-0.4, -0.2) is 71.7 Å². The van der Waals surface area contributed by atoms with E-state index >= 15 is 0 Å². The van der Waals surface area contributed by atoms with Crippen molar-refractivity contribution in [3.05, 3.63) is 0 Å². The van der Waals surface area contributed by atoms with Crippen LogP contribution in [0.3, 0.4) is 0 Å². The first-order chi connectivity index (χ1) is 10.9. The van der Waals surface area contributed by atoms with E-state index < -0.39 is 17.1 Å². The molecule has 0 aromatic heterocycles. The van der Waals surface area contributed by atoms with Gasteiger partial charge in [-0.15, -0.1) is 0 Å². The number of hydrogen-bond donors (Lipinski definition) is 3. The molecule has 0 aliphatic heterocycles. The van der Waals surface area contributed by atoms with Crippen molar-refractivity contribution in [1.29, 1.82) is 0 Å². The fourth-order valence-corrected chi connectivity index (χ4v) is 4.57. The molecular weight excluding hydrogens is 330 g/mol. The van der Waals surface area contributed by atoms with Crippen LogP contribution in [0.25, 0.3) is 0 Å². The molecule has 0 rings (SSSR count). The monoisotopic (exact) mass is 369 g/mol. The summed E-state index contributed by atoms with van der Waals surface area (Å²) in [6.45, 7) is 7.42. The molecule has 0 unspecified atom stereocenters. The summed E-state index contributed by atoms with van der Waals surface area (Å²) in [7, 11) is 3.22. The highest BCUT2D eigenvalue weighted by Crippen LogP contribution is 2.13. The van der Waals surface area contributed by atoms with Crippen LogP contribution in [0, 0.1) is 0 Å². The molecule has 7 nitrogen and oxygen atoms in total. The topological polar surface area (TPSA) is 101 Å². The van der Waals surface area contributed by atoms with E-state index in [-0.39, 0.29) is 0 Å². The molecule has 0 aliphatic carbocycles. The summed E-state index contributed by atoms with van der Waals surface area (Å²) >= 11 is 0. The van der Waals surface area contributed by atoms with Crippen molar-refractivity contribution < 1.29 is 17.7 Å². The fourth-order valence-electron chi connectivity index (χ4n) is 1.76. The van der Waals surface area contributed by atoms with Crippen molar-refractivity contribution in [2.75, 3.05) is 54.6 Å². The van der Waals surface area contributed by atoms with E-state index in [2.05, 4.69) is 11.9 Å². The molecule has 0 saturated heterocycles. The molecule has 0 amide bonds. The molecule has 0 heterocycles. The zero-order valence-corrected chi connectivity index (χ0v) is 17.9. The van der Waals surface area contributed by atoms with Crippen LogP contribution in [0.15, 0.2) is 0 Å². The van der Waals surface area contributed by atoms with Gasteiger partial charge in [-0.2, -0.15) is 0 Å². The second-order valence-corrected chi connectivity index (χ2v) is 12.8. The summed E-state index contributed by atoms with van der Waals surface area (Å²) in [4.78, 5) is 0. The Kier molecular flexibility index (Phi) is 17.3. The van der Waals surface area contributed by atoms with Gasteiger partial charge in [-0.3, -0.25) is 0 Å². The predicted octanol–water partition coefficient (Wildman–Crippen LogP) is 0.990. The van der Waals surface area contributed by atoms with E-state index in [0.717, 1.165) is 44.6 Å². The summed E-state index contributed by atoms with van der Waals surface area (Å²) in [6.07, 6.45) is 2.08. The smallest absolute Gasteiger partial charge is 0.334 e.